The summed E-state index contributed by atoms with van der Waals surface area (Å²) >= 11 is 0. The van der Waals surface area contributed by atoms with Crippen LogP contribution in [0.3, 0.4) is 0 Å². The molecule has 0 saturated carbocycles. The smallest absolute Gasteiger partial charge is 0.262 e. The maximum Gasteiger partial charge on any atom is 0.262 e. The van der Waals surface area contributed by atoms with E-state index in [0.717, 1.165) is 22.8 Å². The fourth-order valence-corrected chi connectivity index (χ4v) is 6.71. The van der Waals surface area contributed by atoms with Crippen molar-refractivity contribution in [2.75, 3.05) is 48.3 Å². The monoisotopic (exact) mass is 614 g/mol. The SMILES string of the molecule is CN(C)c1cccc2c(S(=O)(=O)Nc3ccc([C@H]4CN(c5nc(-c6ccncc6F)cc(=O)n5C)CCO4)cc3)cccc12. The molecular weight excluding hydrogens is 583 g/mol. The molecule has 226 valence electrons. The summed E-state index contributed by atoms with van der Waals surface area (Å²) in [7, 11) is 1.58. The van der Waals surface area contributed by atoms with Gasteiger partial charge in [0.25, 0.3) is 15.6 Å². The predicted octanol–water partition coefficient (Wildman–Crippen LogP) is 4.58. The van der Waals surface area contributed by atoms with Crippen molar-refractivity contribution in [1.82, 2.24) is 14.5 Å². The van der Waals surface area contributed by atoms with Crippen molar-refractivity contribution in [2.24, 2.45) is 7.05 Å². The molecule has 0 radical (unpaired) electrons. The van der Waals surface area contributed by atoms with Gasteiger partial charge in [-0.15, -0.1) is 0 Å². The molecule has 0 aliphatic carbocycles. The van der Waals surface area contributed by atoms with Gasteiger partial charge in [-0.05, 0) is 35.9 Å². The van der Waals surface area contributed by atoms with Crippen LogP contribution < -0.4 is 20.1 Å². The molecule has 1 N–H and O–H groups in total. The Balaban J connectivity index is 1.22. The summed E-state index contributed by atoms with van der Waals surface area (Å²) in [6, 6.07) is 20.7. The summed E-state index contributed by atoms with van der Waals surface area (Å²) in [6.45, 7) is 1.24. The molecular formula is C32H31FN6O4S. The molecule has 44 heavy (non-hydrogen) atoms. The highest BCUT2D eigenvalue weighted by Crippen LogP contribution is 2.32. The third-order valence-electron chi connectivity index (χ3n) is 7.67. The number of pyridine rings is 1. The van der Waals surface area contributed by atoms with Crippen molar-refractivity contribution in [3.63, 3.8) is 0 Å². The number of benzene rings is 3. The van der Waals surface area contributed by atoms with Crippen LogP contribution in [0.4, 0.5) is 21.7 Å². The van der Waals surface area contributed by atoms with Crippen LogP contribution >= 0.6 is 0 Å². The number of sulfonamides is 1. The van der Waals surface area contributed by atoms with Crippen molar-refractivity contribution in [1.29, 1.82) is 0 Å². The molecule has 3 aromatic carbocycles. The maximum absolute atomic E-state index is 14.4. The van der Waals surface area contributed by atoms with E-state index >= 15 is 0 Å². The molecule has 0 amide bonds. The molecule has 12 heteroatoms. The number of nitrogens with zero attached hydrogens (tertiary/aromatic N) is 5. The zero-order valence-corrected chi connectivity index (χ0v) is 25.3. The van der Waals surface area contributed by atoms with Crippen molar-refractivity contribution in [2.45, 2.75) is 11.0 Å². The number of hydrogen-bond acceptors (Lipinski definition) is 8. The van der Waals surface area contributed by atoms with Crippen LogP contribution in [0.15, 0.2) is 94.9 Å². The standard InChI is InChI=1S/C32H31FN6O4S/c1-37(2)28-8-4-7-24-23(28)6-5-9-30(24)44(41,42)36-22-12-10-21(11-13-22)29-20-39(16-17-43-29)32-35-27(18-31(40)38(32)3)25-14-15-34-19-26(25)33/h4-15,18-19,29,36H,16-17,20H2,1-3H3/t29-/m1/s1. The second-order valence-corrected chi connectivity index (χ2v) is 12.4. The molecule has 3 heterocycles. The van der Waals surface area contributed by atoms with Gasteiger partial charge in [0.05, 0.1) is 29.9 Å². The molecule has 6 rings (SSSR count). The summed E-state index contributed by atoms with van der Waals surface area (Å²) in [5, 5.41) is 1.48. The van der Waals surface area contributed by atoms with E-state index in [0.29, 0.717) is 36.7 Å². The van der Waals surface area contributed by atoms with Crippen LogP contribution in [0.2, 0.25) is 0 Å². The first-order chi connectivity index (χ1) is 21.1. The van der Waals surface area contributed by atoms with Crippen LogP contribution in [0, 0.1) is 5.82 Å². The Labute approximate surface area is 254 Å². The zero-order chi connectivity index (χ0) is 31.0. The summed E-state index contributed by atoms with van der Waals surface area (Å²) in [5.41, 5.74) is 2.29. The Morgan fingerprint density at radius 3 is 2.52 bits per heavy atom. The van der Waals surface area contributed by atoms with E-state index in [9.17, 15) is 17.6 Å². The van der Waals surface area contributed by atoms with E-state index < -0.39 is 15.8 Å². The lowest BCUT2D eigenvalue weighted by molar-refractivity contribution is 0.0390. The van der Waals surface area contributed by atoms with E-state index in [1.165, 1.54) is 22.9 Å². The van der Waals surface area contributed by atoms with Crippen molar-refractivity contribution in [3.8, 4) is 11.3 Å². The van der Waals surface area contributed by atoms with Gasteiger partial charge in [0.1, 0.15) is 6.10 Å². The fourth-order valence-electron chi connectivity index (χ4n) is 5.43. The van der Waals surface area contributed by atoms with Gasteiger partial charge in [0, 0.05) is 67.7 Å². The number of hydrogen-bond donors (Lipinski definition) is 1. The van der Waals surface area contributed by atoms with Crippen LogP contribution in [-0.4, -0.2) is 56.7 Å². The van der Waals surface area contributed by atoms with Crippen molar-refractivity contribution in [3.05, 3.63) is 107 Å². The van der Waals surface area contributed by atoms with Crippen LogP contribution in [0.25, 0.3) is 22.0 Å². The summed E-state index contributed by atoms with van der Waals surface area (Å²) in [5.74, 6) is -0.164. The lowest BCUT2D eigenvalue weighted by Crippen LogP contribution is -2.41. The molecule has 1 aliphatic heterocycles. The highest BCUT2D eigenvalue weighted by Gasteiger charge is 2.26. The number of rotatable bonds is 7. The van der Waals surface area contributed by atoms with E-state index in [-0.39, 0.29) is 27.8 Å². The van der Waals surface area contributed by atoms with E-state index in [2.05, 4.69) is 14.7 Å². The Hall–Kier alpha value is -4.81. The van der Waals surface area contributed by atoms with Crippen LogP contribution in [0.1, 0.15) is 11.7 Å². The number of ether oxygens (including phenoxy) is 1. The topological polar surface area (TPSA) is 110 Å². The Morgan fingerprint density at radius 1 is 1.02 bits per heavy atom. The van der Waals surface area contributed by atoms with Gasteiger partial charge >= 0.3 is 0 Å². The zero-order valence-electron chi connectivity index (χ0n) is 24.4. The molecule has 1 saturated heterocycles. The van der Waals surface area contributed by atoms with Gasteiger partial charge in [-0.3, -0.25) is 19.1 Å². The Morgan fingerprint density at radius 2 is 1.77 bits per heavy atom. The molecule has 0 bridgehead atoms. The summed E-state index contributed by atoms with van der Waals surface area (Å²) in [6.07, 6.45) is 2.18. The number of halogens is 1. The largest absolute Gasteiger partial charge is 0.377 e. The van der Waals surface area contributed by atoms with E-state index in [4.69, 9.17) is 4.74 Å². The van der Waals surface area contributed by atoms with Gasteiger partial charge in [0.2, 0.25) is 5.95 Å². The molecule has 0 spiro atoms. The van der Waals surface area contributed by atoms with Crippen molar-refractivity contribution >= 4 is 38.1 Å². The average molecular weight is 615 g/mol. The minimum absolute atomic E-state index is 0.195. The van der Waals surface area contributed by atoms with Gasteiger partial charge in [0.15, 0.2) is 5.82 Å². The number of morpholine rings is 1. The molecule has 0 unspecified atom stereocenters. The Bertz CT molecular complexity index is 2010. The number of aromatic nitrogens is 3. The summed E-state index contributed by atoms with van der Waals surface area (Å²) < 4.78 is 51.5. The molecule has 10 nitrogen and oxygen atoms in total. The normalized spacial score (nSPS) is 15.4. The number of anilines is 3. The van der Waals surface area contributed by atoms with Gasteiger partial charge in [-0.1, -0.05) is 36.4 Å². The molecule has 1 atom stereocenters. The number of fused-ring (bicyclic) bond motifs is 1. The average Bonchev–Trinajstić information content (AvgIpc) is 3.02. The first kappa shape index (κ1) is 29.3. The first-order valence-corrected chi connectivity index (χ1v) is 15.5. The number of nitrogens with one attached hydrogen (secondary N) is 1. The molecule has 1 aliphatic rings. The lowest BCUT2D eigenvalue weighted by Gasteiger charge is -2.34. The van der Waals surface area contributed by atoms with Crippen LogP contribution in [0.5, 0.6) is 0 Å². The highest BCUT2D eigenvalue weighted by molar-refractivity contribution is 7.93. The van der Waals surface area contributed by atoms with E-state index in [1.807, 2.05) is 54.2 Å². The van der Waals surface area contributed by atoms with E-state index in [1.54, 1.807) is 37.4 Å². The van der Waals surface area contributed by atoms with Crippen LogP contribution in [-0.2, 0) is 21.8 Å². The Kier molecular flexibility index (Phi) is 7.78. The first-order valence-electron chi connectivity index (χ1n) is 14.0. The highest BCUT2D eigenvalue weighted by atomic mass is 32.2. The minimum Gasteiger partial charge on any atom is -0.377 e. The third-order valence-corrected chi connectivity index (χ3v) is 9.11. The fraction of sp³-hybridized carbons (Fsp3) is 0.219. The molecule has 2 aromatic heterocycles. The predicted molar refractivity (Wildman–Crippen MR) is 169 cm³/mol. The maximum atomic E-state index is 14.4. The summed E-state index contributed by atoms with van der Waals surface area (Å²) in [4.78, 5) is 25.3. The third kappa shape index (κ3) is 5.61. The van der Waals surface area contributed by atoms with Gasteiger partial charge < -0.3 is 14.5 Å². The molecule has 1 fully saturated rings. The second-order valence-electron chi connectivity index (χ2n) is 10.7. The minimum atomic E-state index is -3.88. The van der Waals surface area contributed by atoms with Gasteiger partial charge in [-0.2, -0.15) is 0 Å². The molecule has 5 aromatic rings. The van der Waals surface area contributed by atoms with Crippen molar-refractivity contribution < 1.29 is 17.5 Å². The second kappa shape index (κ2) is 11.7. The quantitative estimate of drug-likeness (QED) is 0.284. The van der Waals surface area contributed by atoms with Gasteiger partial charge in [-0.25, -0.2) is 17.8 Å². The lowest BCUT2D eigenvalue weighted by atomic mass is 10.1.